The number of carbonyl (C=O) groups is 1. The predicted molar refractivity (Wildman–Crippen MR) is 131 cm³/mol. The van der Waals surface area contributed by atoms with E-state index in [9.17, 15) is 4.79 Å². The van der Waals surface area contributed by atoms with Crippen LogP contribution in [-0.2, 0) is 13.0 Å². The Bertz CT molecular complexity index is 1420. The molecule has 0 saturated carbocycles. The fourth-order valence-electron chi connectivity index (χ4n) is 4.06. The third-order valence-electron chi connectivity index (χ3n) is 5.73. The smallest absolute Gasteiger partial charge is 0.257 e. The maximum absolute atomic E-state index is 13.4. The molecule has 0 aliphatic rings. The SMILES string of the molecule is CCCCc1nc(NC(=O)c2cccc3ccccc23)c2c(ncn2Cc2ccccc2)n1. The van der Waals surface area contributed by atoms with E-state index in [0.717, 1.165) is 41.1 Å². The number of aromatic nitrogens is 4. The number of nitrogens with zero attached hydrogens (tertiary/aromatic N) is 4. The maximum atomic E-state index is 13.4. The van der Waals surface area contributed by atoms with Gasteiger partial charge < -0.3 is 9.88 Å². The van der Waals surface area contributed by atoms with Gasteiger partial charge in [0, 0.05) is 18.5 Å². The van der Waals surface area contributed by atoms with Gasteiger partial charge >= 0.3 is 0 Å². The monoisotopic (exact) mass is 435 g/mol. The van der Waals surface area contributed by atoms with Crippen molar-refractivity contribution in [3.63, 3.8) is 0 Å². The molecule has 5 rings (SSSR count). The molecule has 3 aromatic carbocycles. The van der Waals surface area contributed by atoms with Crippen LogP contribution in [0.2, 0.25) is 0 Å². The molecule has 33 heavy (non-hydrogen) atoms. The first-order valence-electron chi connectivity index (χ1n) is 11.3. The molecule has 0 aliphatic heterocycles. The summed E-state index contributed by atoms with van der Waals surface area (Å²) < 4.78 is 1.99. The Morgan fingerprint density at radius 3 is 2.58 bits per heavy atom. The second-order valence-electron chi connectivity index (χ2n) is 8.10. The number of hydrogen-bond donors (Lipinski definition) is 1. The number of carbonyl (C=O) groups excluding carboxylic acids is 1. The first-order valence-corrected chi connectivity index (χ1v) is 11.3. The van der Waals surface area contributed by atoms with Gasteiger partial charge in [0.2, 0.25) is 0 Å². The molecule has 0 bridgehead atoms. The Kier molecular flexibility index (Phi) is 5.81. The van der Waals surface area contributed by atoms with Gasteiger partial charge in [0.25, 0.3) is 5.91 Å². The Morgan fingerprint density at radius 2 is 1.73 bits per heavy atom. The molecular formula is C27H25N5O. The van der Waals surface area contributed by atoms with E-state index in [4.69, 9.17) is 4.98 Å². The molecule has 1 N–H and O–H groups in total. The predicted octanol–water partition coefficient (Wildman–Crippen LogP) is 5.62. The van der Waals surface area contributed by atoms with Crippen LogP contribution in [-0.4, -0.2) is 25.4 Å². The lowest BCUT2D eigenvalue weighted by Gasteiger charge is -2.12. The third-order valence-corrected chi connectivity index (χ3v) is 5.73. The quantitative estimate of drug-likeness (QED) is 0.360. The van der Waals surface area contributed by atoms with Gasteiger partial charge in [0.1, 0.15) is 11.3 Å². The summed E-state index contributed by atoms with van der Waals surface area (Å²) in [5.41, 5.74) is 3.08. The lowest BCUT2D eigenvalue weighted by Crippen LogP contribution is -2.16. The Hall–Kier alpha value is -4.06. The molecule has 1 amide bonds. The third kappa shape index (κ3) is 4.32. The van der Waals surface area contributed by atoms with Gasteiger partial charge in [0.05, 0.1) is 6.33 Å². The molecule has 0 spiro atoms. The van der Waals surface area contributed by atoms with Crippen molar-refractivity contribution in [1.29, 1.82) is 0 Å². The van der Waals surface area contributed by atoms with Gasteiger partial charge in [-0.05, 0) is 28.8 Å². The number of fused-ring (bicyclic) bond motifs is 2. The van der Waals surface area contributed by atoms with Crippen LogP contribution in [0, 0.1) is 0 Å². The van der Waals surface area contributed by atoms with Crippen molar-refractivity contribution in [3.8, 4) is 0 Å². The summed E-state index contributed by atoms with van der Waals surface area (Å²) in [5, 5.41) is 5.00. The zero-order valence-electron chi connectivity index (χ0n) is 18.5. The maximum Gasteiger partial charge on any atom is 0.257 e. The summed E-state index contributed by atoms with van der Waals surface area (Å²) >= 11 is 0. The van der Waals surface area contributed by atoms with Crippen LogP contribution in [0.15, 0.2) is 79.1 Å². The zero-order chi connectivity index (χ0) is 22.6. The van der Waals surface area contributed by atoms with Crippen molar-refractivity contribution in [1.82, 2.24) is 19.5 Å². The van der Waals surface area contributed by atoms with E-state index in [2.05, 4.69) is 34.3 Å². The highest BCUT2D eigenvalue weighted by Gasteiger charge is 2.18. The second kappa shape index (κ2) is 9.20. The van der Waals surface area contributed by atoms with Crippen molar-refractivity contribution in [2.45, 2.75) is 32.7 Å². The van der Waals surface area contributed by atoms with E-state index in [1.807, 2.05) is 65.2 Å². The van der Waals surface area contributed by atoms with Crippen LogP contribution in [0.5, 0.6) is 0 Å². The molecule has 0 saturated heterocycles. The van der Waals surface area contributed by atoms with Crippen LogP contribution in [0.1, 0.15) is 41.5 Å². The topological polar surface area (TPSA) is 72.7 Å². The number of amides is 1. The standard InChI is InChI=1S/C27H25N5O/c1-2-3-16-23-29-25-24(32(18-28-25)17-19-10-5-4-6-11-19)26(30-23)31-27(33)22-15-9-13-20-12-7-8-14-21(20)22/h4-15,18H,2-3,16-17H2,1H3,(H,29,30,31,33). The van der Waals surface area contributed by atoms with E-state index in [-0.39, 0.29) is 5.91 Å². The number of unbranched alkanes of at least 4 members (excludes halogenated alkanes) is 1. The molecule has 6 heteroatoms. The summed E-state index contributed by atoms with van der Waals surface area (Å²) in [7, 11) is 0. The van der Waals surface area contributed by atoms with Crippen molar-refractivity contribution in [2.24, 2.45) is 0 Å². The average Bonchev–Trinajstić information content (AvgIpc) is 3.25. The molecular weight excluding hydrogens is 410 g/mol. The number of benzene rings is 3. The summed E-state index contributed by atoms with van der Waals surface area (Å²) in [5.74, 6) is 1.00. The average molecular weight is 436 g/mol. The molecule has 0 atom stereocenters. The molecule has 5 aromatic rings. The fourth-order valence-corrected chi connectivity index (χ4v) is 4.06. The Balaban J connectivity index is 1.57. The van der Waals surface area contributed by atoms with Crippen molar-refractivity contribution >= 4 is 33.7 Å². The molecule has 2 heterocycles. The summed E-state index contributed by atoms with van der Waals surface area (Å²) in [6.45, 7) is 2.75. The number of anilines is 1. The van der Waals surface area contributed by atoms with Crippen LogP contribution >= 0.6 is 0 Å². The van der Waals surface area contributed by atoms with Gasteiger partial charge in [-0.3, -0.25) is 4.79 Å². The normalized spacial score (nSPS) is 11.2. The minimum absolute atomic E-state index is 0.194. The molecule has 0 aliphatic carbocycles. The van der Waals surface area contributed by atoms with Crippen LogP contribution < -0.4 is 5.32 Å². The fraction of sp³-hybridized carbons (Fsp3) is 0.185. The number of aryl methyl sites for hydroxylation is 1. The highest BCUT2D eigenvalue weighted by molar-refractivity contribution is 6.14. The van der Waals surface area contributed by atoms with E-state index >= 15 is 0 Å². The van der Waals surface area contributed by atoms with Gasteiger partial charge in [0.15, 0.2) is 11.5 Å². The van der Waals surface area contributed by atoms with Gasteiger partial charge in [-0.25, -0.2) is 15.0 Å². The largest absolute Gasteiger partial charge is 0.322 e. The molecule has 2 aromatic heterocycles. The van der Waals surface area contributed by atoms with Crippen molar-refractivity contribution < 1.29 is 4.79 Å². The molecule has 6 nitrogen and oxygen atoms in total. The van der Waals surface area contributed by atoms with Crippen LogP contribution in [0.4, 0.5) is 5.82 Å². The number of rotatable bonds is 7. The van der Waals surface area contributed by atoms with E-state index in [1.54, 1.807) is 6.33 Å². The van der Waals surface area contributed by atoms with Gasteiger partial charge in [-0.15, -0.1) is 0 Å². The minimum Gasteiger partial charge on any atom is -0.322 e. The minimum atomic E-state index is -0.194. The lowest BCUT2D eigenvalue weighted by atomic mass is 10.0. The summed E-state index contributed by atoms with van der Waals surface area (Å²) in [4.78, 5) is 27.3. The first kappa shape index (κ1) is 20.8. The zero-order valence-corrected chi connectivity index (χ0v) is 18.5. The molecule has 0 radical (unpaired) electrons. The van der Waals surface area contributed by atoms with Gasteiger partial charge in [-0.2, -0.15) is 0 Å². The van der Waals surface area contributed by atoms with E-state index < -0.39 is 0 Å². The Morgan fingerprint density at radius 1 is 0.939 bits per heavy atom. The molecule has 0 unspecified atom stereocenters. The lowest BCUT2D eigenvalue weighted by molar-refractivity contribution is 0.102. The van der Waals surface area contributed by atoms with Crippen LogP contribution in [0.3, 0.4) is 0 Å². The van der Waals surface area contributed by atoms with Gasteiger partial charge in [-0.1, -0.05) is 80.1 Å². The molecule has 164 valence electrons. The Labute approximate surface area is 192 Å². The van der Waals surface area contributed by atoms with Crippen LogP contribution in [0.25, 0.3) is 21.9 Å². The highest BCUT2D eigenvalue weighted by Crippen LogP contribution is 2.24. The summed E-state index contributed by atoms with van der Waals surface area (Å²) in [6.07, 6.45) is 4.53. The van der Waals surface area contributed by atoms with E-state index in [0.29, 0.717) is 29.4 Å². The van der Waals surface area contributed by atoms with Crippen molar-refractivity contribution in [2.75, 3.05) is 5.32 Å². The number of imidazole rings is 1. The number of nitrogens with one attached hydrogen (secondary N) is 1. The second-order valence-corrected chi connectivity index (χ2v) is 8.10. The first-order chi connectivity index (χ1) is 16.2. The highest BCUT2D eigenvalue weighted by atomic mass is 16.1. The van der Waals surface area contributed by atoms with Crippen molar-refractivity contribution in [3.05, 3.63) is 96.1 Å². The van der Waals surface area contributed by atoms with E-state index in [1.165, 1.54) is 0 Å². The summed E-state index contributed by atoms with van der Waals surface area (Å²) in [6, 6.07) is 23.8. The number of hydrogen-bond acceptors (Lipinski definition) is 4. The molecule has 0 fully saturated rings.